The van der Waals surface area contributed by atoms with Crippen LogP contribution in [0.15, 0.2) is 12.7 Å². The third-order valence-electron chi connectivity index (χ3n) is 2.89. The fourth-order valence-electron chi connectivity index (χ4n) is 1.93. The average Bonchev–Trinajstić information content (AvgIpc) is 2.65. The van der Waals surface area contributed by atoms with Crippen LogP contribution in [0.25, 0.3) is 0 Å². The van der Waals surface area contributed by atoms with Crippen LogP contribution in [-0.2, 0) is 4.79 Å². The maximum atomic E-state index is 12.2. The van der Waals surface area contributed by atoms with Crippen molar-refractivity contribution in [1.29, 1.82) is 0 Å². The lowest BCUT2D eigenvalue weighted by atomic mass is 9.88. The van der Waals surface area contributed by atoms with Gasteiger partial charge in [-0.2, -0.15) is 0 Å². The summed E-state index contributed by atoms with van der Waals surface area (Å²) in [6, 6.07) is 0. The van der Waals surface area contributed by atoms with Gasteiger partial charge in [0.15, 0.2) is 0 Å². The lowest BCUT2D eigenvalue weighted by Crippen LogP contribution is -2.44. The molecule has 1 aliphatic heterocycles. The van der Waals surface area contributed by atoms with E-state index >= 15 is 0 Å². The smallest absolute Gasteiger partial charge is 0.230 e. The summed E-state index contributed by atoms with van der Waals surface area (Å²) in [5, 5.41) is 12.1. The van der Waals surface area contributed by atoms with Crippen LogP contribution in [0.5, 0.6) is 0 Å². The highest BCUT2D eigenvalue weighted by Gasteiger charge is 2.38. The molecule has 0 spiro atoms. The number of aliphatic hydroxyl groups is 1. The minimum Gasteiger partial charge on any atom is -0.395 e. The number of nitrogens with one attached hydrogen (secondary N) is 1. The van der Waals surface area contributed by atoms with E-state index in [0.717, 1.165) is 19.5 Å². The van der Waals surface area contributed by atoms with E-state index in [-0.39, 0.29) is 17.9 Å². The Hall–Kier alpha value is -0.870. The molecule has 1 fully saturated rings. The van der Waals surface area contributed by atoms with Gasteiger partial charge in [-0.3, -0.25) is 4.79 Å². The number of carbonyl (C=O) groups excluding carboxylic acids is 1. The van der Waals surface area contributed by atoms with Crippen LogP contribution in [0.1, 0.15) is 13.3 Å². The number of hydrogen-bond acceptors (Lipinski definition) is 3. The normalized spacial score (nSPS) is 25.2. The molecule has 1 saturated heterocycles. The van der Waals surface area contributed by atoms with Crippen molar-refractivity contribution in [2.24, 2.45) is 5.41 Å². The fourth-order valence-corrected chi connectivity index (χ4v) is 1.93. The van der Waals surface area contributed by atoms with Crippen LogP contribution < -0.4 is 5.32 Å². The van der Waals surface area contributed by atoms with Crippen LogP contribution in [0.2, 0.25) is 0 Å². The maximum Gasteiger partial charge on any atom is 0.230 e. The number of hydrogen-bond donors (Lipinski definition) is 2. The summed E-state index contributed by atoms with van der Waals surface area (Å²) < 4.78 is 0. The first-order chi connectivity index (χ1) is 7.14. The predicted molar refractivity (Wildman–Crippen MR) is 59.5 cm³/mol. The van der Waals surface area contributed by atoms with Gasteiger partial charge in [-0.05, 0) is 19.9 Å². The largest absolute Gasteiger partial charge is 0.395 e. The topological polar surface area (TPSA) is 52.6 Å². The van der Waals surface area contributed by atoms with Gasteiger partial charge < -0.3 is 15.3 Å². The van der Waals surface area contributed by atoms with Crippen molar-refractivity contribution in [3.63, 3.8) is 0 Å². The molecule has 1 atom stereocenters. The highest BCUT2D eigenvalue weighted by Crippen LogP contribution is 2.26. The molecule has 0 saturated carbocycles. The Bertz CT molecular complexity index is 235. The van der Waals surface area contributed by atoms with E-state index in [2.05, 4.69) is 11.9 Å². The lowest BCUT2D eigenvalue weighted by Gasteiger charge is -2.30. The zero-order chi connectivity index (χ0) is 11.3. The van der Waals surface area contributed by atoms with Crippen molar-refractivity contribution in [3.8, 4) is 0 Å². The molecule has 1 aliphatic rings. The first-order valence-electron chi connectivity index (χ1n) is 5.36. The summed E-state index contributed by atoms with van der Waals surface area (Å²) in [4.78, 5) is 13.8. The Kier molecular flexibility index (Phi) is 4.29. The Morgan fingerprint density at radius 3 is 2.93 bits per heavy atom. The maximum absolute atomic E-state index is 12.2. The number of carbonyl (C=O) groups is 1. The fraction of sp³-hybridized carbons (Fsp3) is 0.727. The molecule has 1 rings (SSSR count). The molecule has 2 N–H and O–H groups in total. The van der Waals surface area contributed by atoms with Crippen LogP contribution in [0.3, 0.4) is 0 Å². The number of nitrogens with zero attached hydrogens (tertiary/aromatic N) is 1. The first kappa shape index (κ1) is 12.2. The van der Waals surface area contributed by atoms with E-state index in [1.54, 1.807) is 11.0 Å². The Balaban J connectivity index is 2.65. The summed E-state index contributed by atoms with van der Waals surface area (Å²) in [7, 11) is 0. The highest BCUT2D eigenvalue weighted by molar-refractivity contribution is 5.83. The molecule has 15 heavy (non-hydrogen) atoms. The van der Waals surface area contributed by atoms with Crippen molar-refractivity contribution in [1.82, 2.24) is 10.2 Å². The standard InChI is InChI=1S/C11H20N2O2/c1-3-6-13(7-8-14)10(15)11(2)4-5-12-9-11/h3,12,14H,1,4-9H2,2H3. The molecule has 4 nitrogen and oxygen atoms in total. The summed E-state index contributed by atoms with van der Waals surface area (Å²) in [6.07, 6.45) is 2.56. The minimum absolute atomic E-state index is 0.00306. The van der Waals surface area contributed by atoms with Crippen molar-refractivity contribution in [2.45, 2.75) is 13.3 Å². The number of amides is 1. The third kappa shape index (κ3) is 2.79. The van der Waals surface area contributed by atoms with Gasteiger partial charge in [0.1, 0.15) is 0 Å². The molecule has 1 unspecified atom stereocenters. The first-order valence-corrected chi connectivity index (χ1v) is 5.36. The average molecular weight is 212 g/mol. The van der Waals surface area contributed by atoms with Crippen LogP contribution in [0.4, 0.5) is 0 Å². The van der Waals surface area contributed by atoms with Crippen LogP contribution in [-0.4, -0.2) is 48.7 Å². The van der Waals surface area contributed by atoms with Gasteiger partial charge in [-0.25, -0.2) is 0 Å². The van der Waals surface area contributed by atoms with Gasteiger partial charge in [0.2, 0.25) is 5.91 Å². The number of aliphatic hydroxyl groups excluding tert-OH is 1. The molecule has 0 aliphatic carbocycles. The summed E-state index contributed by atoms with van der Waals surface area (Å²) in [6.45, 7) is 8.12. The van der Waals surface area contributed by atoms with Crippen molar-refractivity contribution in [3.05, 3.63) is 12.7 Å². The van der Waals surface area contributed by atoms with Gasteiger partial charge >= 0.3 is 0 Å². The van der Waals surface area contributed by atoms with Crippen molar-refractivity contribution in [2.75, 3.05) is 32.8 Å². The van der Waals surface area contributed by atoms with Crippen LogP contribution >= 0.6 is 0 Å². The van der Waals surface area contributed by atoms with E-state index in [0.29, 0.717) is 13.1 Å². The monoisotopic (exact) mass is 212 g/mol. The van der Waals surface area contributed by atoms with Crippen LogP contribution in [0, 0.1) is 5.41 Å². The second kappa shape index (κ2) is 5.28. The van der Waals surface area contributed by atoms with Crippen molar-refractivity contribution < 1.29 is 9.90 Å². The van der Waals surface area contributed by atoms with Gasteiger partial charge in [0.25, 0.3) is 0 Å². The SMILES string of the molecule is C=CCN(CCO)C(=O)C1(C)CCNC1. The molecule has 0 aromatic heterocycles. The molecule has 0 radical (unpaired) electrons. The zero-order valence-corrected chi connectivity index (χ0v) is 9.33. The molecule has 0 aromatic rings. The van der Waals surface area contributed by atoms with Crippen molar-refractivity contribution >= 4 is 5.91 Å². The van der Waals surface area contributed by atoms with Gasteiger partial charge in [0.05, 0.1) is 12.0 Å². The Morgan fingerprint density at radius 1 is 1.73 bits per heavy atom. The molecule has 1 heterocycles. The second-order valence-electron chi connectivity index (χ2n) is 4.25. The molecular formula is C11H20N2O2. The molecule has 1 amide bonds. The summed E-state index contributed by atoms with van der Waals surface area (Å²) in [5.74, 6) is 0.112. The summed E-state index contributed by atoms with van der Waals surface area (Å²) >= 11 is 0. The van der Waals surface area contributed by atoms with E-state index in [1.165, 1.54) is 0 Å². The van der Waals surface area contributed by atoms with Gasteiger partial charge in [-0.15, -0.1) is 6.58 Å². The zero-order valence-electron chi connectivity index (χ0n) is 9.33. The van der Waals surface area contributed by atoms with Gasteiger partial charge in [0, 0.05) is 19.6 Å². The molecule has 4 heteroatoms. The lowest BCUT2D eigenvalue weighted by molar-refractivity contribution is -0.140. The van der Waals surface area contributed by atoms with E-state index in [4.69, 9.17) is 5.11 Å². The molecule has 0 aromatic carbocycles. The van der Waals surface area contributed by atoms with E-state index in [1.807, 2.05) is 6.92 Å². The molecular weight excluding hydrogens is 192 g/mol. The Labute approximate surface area is 91.0 Å². The molecule has 86 valence electrons. The summed E-state index contributed by atoms with van der Waals surface area (Å²) in [5.41, 5.74) is -0.307. The third-order valence-corrected chi connectivity index (χ3v) is 2.89. The molecule has 0 bridgehead atoms. The number of rotatable bonds is 5. The minimum atomic E-state index is -0.307. The predicted octanol–water partition coefficient (Wildman–Crippen LogP) is -0.00710. The van der Waals surface area contributed by atoms with E-state index < -0.39 is 0 Å². The van der Waals surface area contributed by atoms with Gasteiger partial charge in [-0.1, -0.05) is 6.08 Å². The second-order valence-corrected chi connectivity index (χ2v) is 4.25. The highest BCUT2D eigenvalue weighted by atomic mass is 16.3. The Morgan fingerprint density at radius 2 is 2.47 bits per heavy atom. The van der Waals surface area contributed by atoms with E-state index in [9.17, 15) is 4.79 Å². The quantitative estimate of drug-likeness (QED) is 0.630.